The molecule has 5 heteroatoms. The van der Waals surface area contributed by atoms with Gasteiger partial charge in [0, 0.05) is 19.0 Å². The molecule has 17 heavy (non-hydrogen) atoms. The highest BCUT2D eigenvalue weighted by Gasteiger charge is 2.20. The van der Waals surface area contributed by atoms with Crippen LogP contribution in [0.15, 0.2) is 17.5 Å². The summed E-state index contributed by atoms with van der Waals surface area (Å²) in [5.74, 6) is 0.0746. The summed E-state index contributed by atoms with van der Waals surface area (Å²) in [6.07, 6.45) is 1.51. The van der Waals surface area contributed by atoms with Crippen LogP contribution in [0, 0.1) is 0 Å². The van der Waals surface area contributed by atoms with Crippen LogP contribution in [0.4, 0.5) is 0 Å². The van der Waals surface area contributed by atoms with Crippen molar-refractivity contribution in [2.45, 2.75) is 32.7 Å². The summed E-state index contributed by atoms with van der Waals surface area (Å²) in [6.45, 7) is 4.71. The van der Waals surface area contributed by atoms with E-state index in [9.17, 15) is 4.79 Å². The molecule has 3 nitrogen and oxygen atoms in total. The van der Waals surface area contributed by atoms with Crippen LogP contribution in [0.5, 0.6) is 0 Å². The van der Waals surface area contributed by atoms with Crippen molar-refractivity contribution < 1.29 is 4.79 Å². The first-order valence-electron chi connectivity index (χ1n) is 5.69. The molecule has 0 aliphatic carbocycles. The van der Waals surface area contributed by atoms with E-state index in [1.165, 1.54) is 11.3 Å². The van der Waals surface area contributed by atoms with Gasteiger partial charge in [0.15, 0.2) is 0 Å². The largest absolute Gasteiger partial charge is 0.393 e. The van der Waals surface area contributed by atoms with Crippen molar-refractivity contribution >= 4 is 34.5 Å². The number of carbonyl (C=O) groups excluding carboxylic acids is 1. The van der Waals surface area contributed by atoms with E-state index in [0.29, 0.717) is 18.0 Å². The number of nitrogens with two attached hydrogens (primary N) is 1. The molecule has 0 saturated carbocycles. The molecule has 0 fully saturated rings. The number of hydrogen-bond acceptors (Lipinski definition) is 3. The maximum atomic E-state index is 12.3. The Labute approximate surface area is 112 Å². The van der Waals surface area contributed by atoms with E-state index in [-0.39, 0.29) is 11.9 Å². The number of thiophene rings is 1. The standard InChI is InChI=1S/C12H18N2OS2/c1-3-9(2)14(7-6-11(13)16)12(15)10-5-4-8-17-10/h4-5,8-9H,3,6-7H2,1-2H3,(H2,13,16). The third kappa shape index (κ3) is 4.09. The maximum absolute atomic E-state index is 12.3. The minimum Gasteiger partial charge on any atom is -0.393 e. The zero-order valence-electron chi connectivity index (χ0n) is 10.2. The molecule has 2 N–H and O–H groups in total. The Balaban J connectivity index is 2.75. The molecule has 0 saturated heterocycles. The lowest BCUT2D eigenvalue weighted by Crippen LogP contribution is -2.39. The van der Waals surface area contributed by atoms with Crippen LogP contribution in [0.3, 0.4) is 0 Å². The second-order valence-corrected chi connectivity index (χ2v) is 5.42. The van der Waals surface area contributed by atoms with Crippen molar-refractivity contribution in [3.05, 3.63) is 22.4 Å². The van der Waals surface area contributed by atoms with E-state index in [4.69, 9.17) is 18.0 Å². The summed E-state index contributed by atoms with van der Waals surface area (Å²) in [6, 6.07) is 3.95. The van der Waals surface area contributed by atoms with Crippen molar-refractivity contribution in [3.8, 4) is 0 Å². The van der Waals surface area contributed by atoms with Crippen molar-refractivity contribution in [1.82, 2.24) is 4.90 Å². The zero-order valence-corrected chi connectivity index (χ0v) is 11.8. The van der Waals surface area contributed by atoms with Gasteiger partial charge in [0.1, 0.15) is 0 Å². The molecular formula is C12H18N2OS2. The van der Waals surface area contributed by atoms with E-state index in [1.807, 2.05) is 29.3 Å². The monoisotopic (exact) mass is 270 g/mol. The fraction of sp³-hybridized carbons (Fsp3) is 0.500. The third-order valence-electron chi connectivity index (χ3n) is 2.71. The molecular weight excluding hydrogens is 252 g/mol. The van der Waals surface area contributed by atoms with Gasteiger partial charge in [0.05, 0.1) is 9.87 Å². The van der Waals surface area contributed by atoms with Gasteiger partial charge in [-0.1, -0.05) is 25.2 Å². The first kappa shape index (κ1) is 14.1. The van der Waals surface area contributed by atoms with E-state index in [1.54, 1.807) is 0 Å². The smallest absolute Gasteiger partial charge is 0.264 e. The Morgan fingerprint density at radius 1 is 1.65 bits per heavy atom. The number of nitrogens with zero attached hydrogens (tertiary/aromatic N) is 1. The second kappa shape index (κ2) is 6.71. The summed E-state index contributed by atoms with van der Waals surface area (Å²) in [7, 11) is 0. The molecule has 1 heterocycles. The van der Waals surface area contributed by atoms with Gasteiger partial charge in [-0.15, -0.1) is 11.3 Å². The highest BCUT2D eigenvalue weighted by atomic mass is 32.1. The zero-order chi connectivity index (χ0) is 12.8. The van der Waals surface area contributed by atoms with Gasteiger partial charge in [0.25, 0.3) is 5.91 Å². The summed E-state index contributed by atoms with van der Waals surface area (Å²) >= 11 is 6.33. The summed E-state index contributed by atoms with van der Waals surface area (Å²) in [5.41, 5.74) is 5.50. The van der Waals surface area contributed by atoms with E-state index in [0.717, 1.165) is 11.3 Å². The molecule has 1 unspecified atom stereocenters. The summed E-state index contributed by atoms with van der Waals surface area (Å²) in [4.78, 5) is 15.4. The molecule has 1 aromatic heterocycles. The van der Waals surface area contributed by atoms with Gasteiger partial charge in [-0.25, -0.2) is 0 Å². The third-order valence-corrected chi connectivity index (χ3v) is 3.78. The topological polar surface area (TPSA) is 46.3 Å². The number of rotatable bonds is 6. The summed E-state index contributed by atoms with van der Waals surface area (Å²) < 4.78 is 0. The van der Waals surface area contributed by atoms with Crippen LogP contribution in [0.25, 0.3) is 0 Å². The van der Waals surface area contributed by atoms with E-state index < -0.39 is 0 Å². The molecule has 0 aromatic carbocycles. The normalized spacial score (nSPS) is 12.1. The van der Waals surface area contributed by atoms with Crippen LogP contribution in [-0.4, -0.2) is 28.4 Å². The van der Waals surface area contributed by atoms with E-state index >= 15 is 0 Å². The van der Waals surface area contributed by atoms with Gasteiger partial charge in [-0.05, 0) is 24.8 Å². The average molecular weight is 270 g/mol. The second-order valence-electron chi connectivity index (χ2n) is 3.95. The Morgan fingerprint density at radius 3 is 2.82 bits per heavy atom. The van der Waals surface area contributed by atoms with Crippen LogP contribution in [0.1, 0.15) is 36.4 Å². The first-order valence-corrected chi connectivity index (χ1v) is 6.97. The SMILES string of the molecule is CCC(C)N(CCC(N)=S)C(=O)c1cccs1. The number of amides is 1. The lowest BCUT2D eigenvalue weighted by Gasteiger charge is -2.28. The first-order chi connectivity index (χ1) is 8.06. The van der Waals surface area contributed by atoms with Crippen molar-refractivity contribution in [2.75, 3.05) is 6.54 Å². The van der Waals surface area contributed by atoms with Crippen LogP contribution in [-0.2, 0) is 0 Å². The molecule has 1 atom stereocenters. The maximum Gasteiger partial charge on any atom is 0.264 e. The van der Waals surface area contributed by atoms with Gasteiger partial charge in [-0.3, -0.25) is 4.79 Å². The Morgan fingerprint density at radius 2 is 2.35 bits per heavy atom. The molecule has 94 valence electrons. The molecule has 0 radical (unpaired) electrons. The Kier molecular flexibility index (Phi) is 5.58. The molecule has 0 aliphatic rings. The highest BCUT2D eigenvalue weighted by molar-refractivity contribution is 7.80. The van der Waals surface area contributed by atoms with Crippen molar-refractivity contribution in [1.29, 1.82) is 0 Å². The minimum absolute atomic E-state index is 0.0746. The number of thiocarbonyl (C=S) groups is 1. The minimum atomic E-state index is 0.0746. The predicted octanol–water partition coefficient (Wildman–Crippen LogP) is 2.67. The van der Waals surface area contributed by atoms with Crippen LogP contribution >= 0.6 is 23.6 Å². The highest BCUT2D eigenvalue weighted by Crippen LogP contribution is 2.15. The molecule has 0 spiro atoms. The summed E-state index contributed by atoms with van der Waals surface area (Å²) in [5, 5.41) is 1.91. The van der Waals surface area contributed by atoms with Crippen molar-refractivity contribution in [2.24, 2.45) is 5.73 Å². The Hall–Kier alpha value is -0.940. The molecule has 1 amide bonds. The van der Waals surface area contributed by atoms with Crippen LogP contribution < -0.4 is 5.73 Å². The molecule has 0 aliphatic heterocycles. The molecule has 1 aromatic rings. The lowest BCUT2D eigenvalue weighted by molar-refractivity contribution is 0.0699. The fourth-order valence-electron chi connectivity index (χ4n) is 1.51. The number of carbonyl (C=O) groups is 1. The van der Waals surface area contributed by atoms with Gasteiger partial charge in [0.2, 0.25) is 0 Å². The molecule has 1 rings (SSSR count). The van der Waals surface area contributed by atoms with Gasteiger partial charge >= 0.3 is 0 Å². The Bertz CT molecular complexity index is 376. The van der Waals surface area contributed by atoms with Crippen molar-refractivity contribution in [3.63, 3.8) is 0 Å². The fourth-order valence-corrected chi connectivity index (χ4v) is 2.29. The van der Waals surface area contributed by atoms with Gasteiger partial charge in [-0.2, -0.15) is 0 Å². The average Bonchev–Trinajstić information content (AvgIpc) is 2.81. The van der Waals surface area contributed by atoms with Crippen LogP contribution in [0.2, 0.25) is 0 Å². The number of hydrogen-bond donors (Lipinski definition) is 1. The quantitative estimate of drug-likeness (QED) is 0.808. The van der Waals surface area contributed by atoms with Gasteiger partial charge < -0.3 is 10.6 Å². The molecule has 0 bridgehead atoms. The lowest BCUT2D eigenvalue weighted by atomic mass is 10.2. The van der Waals surface area contributed by atoms with E-state index in [2.05, 4.69) is 6.92 Å². The predicted molar refractivity (Wildman–Crippen MR) is 76.5 cm³/mol.